The Balaban J connectivity index is 1.66. The Hall–Kier alpha value is -1.71. The Labute approximate surface area is 114 Å². The molecule has 0 unspecified atom stereocenters. The standard InChI is InChI=1S/C15H22N2O2/c18-14-8-4-5-12(11-14)9-10-16-15(19)17-13-6-2-1-3-7-13/h4-5,8,11,13,18H,1-3,6-7,9-10H2,(H2,16,17,19). The second-order valence-corrected chi connectivity index (χ2v) is 5.16. The molecule has 0 bridgehead atoms. The number of phenols is 1. The number of phenolic OH excluding ortho intramolecular Hbond substituents is 1. The normalized spacial score (nSPS) is 16.0. The van der Waals surface area contributed by atoms with Crippen LogP contribution in [0.1, 0.15) is 37.7 Å². The third-order valence-electron chi connectivity index (χ3n) is 3.55. The predicted octanol–water partition coefficient (Wildman–Crippen LogP) is 2.57. The number of hydrogen-bond acceptors (Lipinski definition) is 2. The highest BCUT2D eigenvalue weighted by molar-refractivity contribution is 5.74. The summed E-state index contributed by atoms with van der Waals surface area (Å²) < 4.78 is 0. The van der Waals surface area contributed by atoms with Crippen LogP contribution in [0.25, 0.3) is 0 Å². The molecule has 1 aromatic carbocycles. The fourth-order valence-electron chi connectivity index (χ4n) is 2.52. The number of nitrogens with one attached hydrogen (secondary N) is 2. The number of hydrogen-bond donors (Lipinski definition) is 3. The van der Waals surface area contributed by atoms with Gasteiger partial charge in [0, 0.05) is 12.6 Å². The lowest BCUT2D eigenvalue weighted by molar-refractivity contribution is 0.233. The van der Waals surface area contributed by atoms with Gasteiger partial charge in [-0.05, 0) is 37.0 Å². The van der Waals surface area contributed by atoms with E-state index in [1.54, 1.807) is 12.1 Å². The van der Waals surface area contributed by atoms with E-state index in [-0.39, 0.29) is 11.8 Å². The first kappa shape index (κ1) is 13.7. The van der Waals surface area contributed by atoms with Crippen molar-refractivity contribution in [2.45, 2.75) is 44.6 Å². The molecule has 4 nitrogen and oxygen atoms in total. The van der Waals surface area contributed by atoms with Crippen molar-refractivity contribution in [1.29, 1.82) is 0 Å². The molecule has 19 heavy (non-hydrogen) atoms. The third kappa shape index (κ3) is 4.81. The van der Waals surface area contributed by atoms with E-state index in [2.05, 4.69) is 10.6 Å². The van der Waals surface area contributed by atoms with Gasteiger partial charge in [-0.1, -0.05) is 31.4 Å². The van der Waals surface area contributed by atoms with Crippen molar-refractivity contribution < 1.29 is 9.90 Å². The van der Waals surface area contributed by atoms with Gasteiger partial charge in [0.25, 0.3) is 0 Å². The van der Waals surface area contributed by atoms with Gasteiger partial charge in [0.2, 0.25) is 0 Å². The Morgan fingerprint density at radius 2 is 2.05 bits per heavy atom. The van der Waals surface area contributed by atoms with Gasteiger partial charge in [0.05, 0.1) is 0 Å². The Morgan fingerprint density at radius 1 is 1.26 bits per heavy atom. The molecule has 104 valence electrons. The molecule has 2 amide bonds. The molecule has 0 aliphatic heterocycles. The van der Waals surface area contributed by atoms with Crippen molar-refractivity contribution >= 4 is 6.03 Å². The van der Waals surface area contributed by atoms with E-state index in [0.717, 1.165) is 24.8 Å². The van der Waals surface area contributed by atoms with Crippen molar-refractivity contribution in [3.8, 4) is 5.75 Å². The summed E-state index contributed by atoms with van der Waals surface area (Å²) in [6.07, 6.45) is 6.65. The van der Waals surface area contributed by atoms with Gasteiger partial charge < -0.3 is 15.7 Å². The summed E-state index contributed by atoms with van der Waals surface area (Å²) in [6, 6.07) is 7.39. The van der Waals surface area contributed by atoms with E-state index in [1.807, 2.05) is 12.1 Å². The van der Waals surface area contributed by atoms with E-state index in [0.29, 0.717) is 12.6 Å². The molecule has 0 heterocycles. The smallest absolute Gasteiger partial charge is 0.315 e. The maximum absolute atomic E-state index is 11.7. The van der Waals surface area contributed by atoms with Gasteiger partial charge >= 0.3 is 6.03 Å². The molecule has 1 saturated carbocycles. The summed E-state index contributed by atoms with van der Waals surface area (Å²) >= 11 is 0. The van der Waals surface area contributed by atoms with E-state index in [9.17, 15) is 9.90 Å². The fourth-order valence-corrected chi connectivity index (χ4v) is 2.52. The van der Waals surface area contributed by atoms with Crippen molar-refractivity contribution in [3.63, 3.8) is 0 Å². The monoisotopic (exact) mass is 262 g/mol. The molecule has 0 saturated heterocycles. The van der Waals surface area contributed by atoms with E-state index >= 15 is 0 Å². The average Bonchev–Trinajstić information content (AvgIpc) is 2.40. The van der Waals surface area contributed by atoms with Crippen LogP contribution in [-0.4, -0.2) is 23.7 Å². The van der Waals surface area contributed by atoms with Crippen molar-refractivity contribution in [1.82, 2.24) is 10.6 Å². The topological polar surface area (TPSA) is 61.4 Å². The quantitative estimate of drug-likeness (QED) is 0.781. The van der Waals surface area contributed by atoms with E-state index in [4.69, 9.17) is 0 Å². The molecule has 1 aliphatic carbocycles. The summed E-state index contributed by atoms with van der Waals surface area (Å²) in [5.41, 5.74) is 1.03. The fraction of sp³-hybridized carbons (Fsp3) is 0.533. The van der Waals surface area contributed by atoms with Crippen LogP contribution in [-0.2, 0) is 6.42 Å². The summed E-state index contributed by atoms with van der Waals surface area (Å²) in [6.45, 7) is 0.585. The highest BCUT2D eigenvalue weighted by Gasteiger charge is 2.14. The van der Waals surface area contributed by atoms with Crippen LogP contribution in [0.3, 0.4) is 0 Å². The zero-order valence-electron chi connectivity index (χ0n) is 11.2. The number of carbonyl (C=O) groups excluding carboxylic acids is 1. The van der Waals surface area contributed by atoms with Crippen molar-refractivity contribution in [3.05, 3.63) is 29.8 Å². The molecule has 0 spiro atoms. The minimum absolute atomic E-state index is 0.0768. The summed E-state index contributed by atoms with van der Waals surface area (Å²) in [5.74, 6) is 0.268. The van der Waals surface area contributed by atoms with Crippen LogP contribution in [0.15, 0.2) is 24.3 Å². The SMILES string of the molecule is O=C(NCCc1cccc(O)c1)NC1CCCCC1. The molecule has 0 atom stereocenters. The van der Waals surface area contributed by atoms with E-state index < -0.39 is 0 Å². The number of rotatable bonds is 4. The summed E-state index contributed by atoms with van der Waals surface area (Å²) in [7, 11) is 0. The molecule has 1 aliphatic rings. The first-order valence-electron chi connectivity index (χ1n) is 7.06. The van der Waals surface area contributed by atoms with Gasteiger partial charge in [-0.15, -0.1) is 0 Å². The van der Waals surface area contributed by atoms with Crippen LogP contribution in [0.2, 0.25) is 0 Å². The minimum Gasteiger partial charge on any atom is -0.508 e. The van der Waals surface area contributed by atoms with Crippen molar-refractivity contribution in [2.75, 3.05) is 6.54 Å². The second-order valence-electron chi connectivity index (χ2n) is 5.16. The van der Waals surface area contributed by atoms with E-state index in [1.165, 1.54) is 19.3 Å². The molecule has 3 N–H and O–H groups in total. The van der Waals surface area contributed by atoms with Crippen LogP contribution < -0.4 is 10.6 Å². The molecule has 0 radical (unpaired) electrons. The lowest BCUT2D eigenvalue weighted by atomic mass is 9.96. The number of carbonyl (C=O) groups is 1. The van der Waals surface area contributed by atoms with Crippen LogP contribution >= 0.6 is 0 Å². The molecule has 2 rings (SSSR count). The lowest BCUT2D eigenvalue weighted by Gasteiger charge is -2.22. The number of amides is 2. The van der Waals surface area contributed by atoms with Gasteiger partial charge in [0.1, 0.15) is 5.75 Å². The first-order valence-corrected chi connectivity index (χ1v) is 7.06. The van der Waals surface area contributed by atoms with Crippen molar-refractivity contribution in [2.24, 2.45) is 0 Å². The van der Waals surface area contributed by atoms with Gasteiger partial charge in [-0.25, -0.2) is 4.79 Å². The summed E-state index contributed by atoms with van der Waals surface area (Å²) in [5, 5.41) is 15.2. The molecule has 0 aromatic heterocycles. The third-order valence-corrected chi connectivity index (χ3v) is 3.55. The zero-order chi connectivity index (χ0) is 13.5. The van der Waals surface area contributed by atoms with Crippen LogP contribution in [0, 0.1) is 0 Å². The summed E-state index contributed by atoms with van der Waals surface area (Å²) in [4.78, 5) is 11.7. The van der Waals surface area contributed by atoms with Crippen LogP contribution in [0.4, 0.5) is 4.79 Å². The molecule has 1 fully saturated rings. The molecule has 4 heteroatoms. The predicted molar refractivity (Wildman–Crippen MR) is 75.2 cm³/mol. The Bertz CT molecular complexity index is 414. The Morgan fingerprint density at radius 3 is 2.79 bits per heavy atom. The second kappa shape index (κ2) is 7.02. The Kier molecular flexibility index (Phi) is 5.07. The number of aromatic hydroxyl groups is 1. The van der Waals surface area contributed by atoms with Gasteiger partial charge in [-0.2, -0.15) is 0 Å². The highest BCUT2D eigenvalue weighted by Crippen LogP contribution is 2.17. The zero-order valence-corrected chi connectivity index (χ0v) is 11.2. The first-order chi connectivity index (χ1) is 9.24. The maximum Gasteiger partial charge on any atom is 0.315 e. The molecule has 1 aromatic rings. The lowest BCUT2D eigenvalue weighted by Crippen LogP contribution is -2.43. The van der Waals surface area contributed by atoms with Gasteiger partial charge in [0.15, 0.2) is 0 Å². The van der Waals surface area contributed by atoms with Gasteiger partial charge in [-0.3, -0.25) is 0 Å². The number of benzene rings is 1. The highest BCUT2D eigenvalue weighted by atomic mass is 16.3. The molecular weight excluding hydrogens is 240 g/mol. The van der Waals surface area contributed by atoms with Crippen LogP contribution in [0.5, 0.6) is 5.75 Å². The minimum atomic E-state index is -0.0768. The maximum atomic E-state index is 11.7. The molecular formula is C15H22N2O2. The average molecular weight is 262 g/mol. The number of urea groups is 1. The largest absolute Gasteiger partial charge is 0.508 e.